The first-order valence-electron chi connectivity index (χ1n) is 37.9. The Kier molecular flexibility index (Phi) is 23.0. The molecule has 7 aromatic rings. The SMILES string of the molecule is CCC(C)n1ncn(-c2ccc(N3CCN(c4ccc(OC[C@H]5CO[C@](Cn6cncn6)(c6ccc(Cl)cc6Cl)O5)cc4)CC3)cc2)c1=O.COc1ccc([C@@H]2CC(=O)c3c(O)cc(O)cc3O2)cc1O.C[C@@H]1O[C@@H](O[C@H]2C[C@@H](O)[C@]3(CO)[C@H]4[C@H](O)C[C@]5(C)[C@@H](C6=CC(=O)OC6)CC[C@]5(O)[C@@H]4CC[C@]3(O)C2)[C@H](O)[C@H](O)[C@H]1O. The van der Waals surface area contributed by atoms with Crippen LogP contribution in [0, 0.1) is 28.6 Å². The Hall–Kier alpha value is -8.44. The van der Waals surface area contributed by atoms with Crippen molar-refractivity contribution in [1.29, 1.82) is 0 Å². The van der Waals surface area contributed by atoms with Crippen LogP contribution in [0.25, 0.3) is 5.69 Å². The number of phenolic OH excluding ortho intramolecular Hbond substituents is 3. The third-order valence-electron chi connectivity index (χ3n) is 24.9. The molecule has 0 amide bonds. The number of methoxy groups -OCH3 is 1. The Labute approximate surface area is 655 Å². The van der Waals surface area contributed by atoms with Crippen molar-refractivity contribution in [2.24, 2.45) is 28.6 Å². The molecule has 7 heterocycles. The fourth-order valence-electron chi connectivity index (χ4n) is 18.8. The Bertz CT molecular complexity index is 4630. The standard InChI is InChI=1S/C35H38Cl2N8O4.C29H44O12.C16H14O6/c1-3-25(2)45-34(46)44(24-40-45)29-7-5-27(6-8-29)41-14-16-42(17-15-41)28-9-11-30(12-10-28)47-19-31-20-48-35(49-31,21-43-23-38-22-39-43)32-13-4-26(36)18-33(32)37;1-13-22(34)23(35)24(36)25(40-13)41-15-8-19(32)28(12-30)21-17(3-5-27(28,37)9-15)29(38)6-4-16(14-7-20(33)39-11-14)26(29,2)10-18(21)31;1-21-13-3-2-8(4-10(13)18)14-7-12(20)16-11(19)5-9(17)6-15(16)22-14/h4-13,18,22-25,31H,3,14-17,19-21H2,1-2H3;7,13,15-19,21-25,30-32,34-38H,3-6,8-12H2,1-2H3;2-6,14,17-19H,7H2,1H3/t25?,31-,35-;13-,15-,16+,17+,18+,19+,21+,22-,23+,24+,25-,26+,27-,28+,29-;14-/m000/s1. The number of benzene rings is 5. The maximum Gasteiger partial charge on any atom is 0.350 e. The summed E-state index contributed by atoms with van der Waals surface area (Å²) < 4.78 is 51.0. The van der Waals surface area contributed by atoms with E-state index in [1.807, 2.05) is 51.1 Å². The molecule has 0 bridgehead atoms. The first-order valence-corrected chi connectivity index (χ1v) is 38.6. The van der Waals surface area contributed by atoms with Crippen LogP contribution in [0.2, 0.25) is 10.0 Å². The number of aromatic hydroxyl groups is 3. The Balaban J connectivity index is 0.000000149. The van der Waals surface area contributed by atoms with Gasteiger partial charge in [0.05, 0.1) is 84.5 Å². The van der Waals surface area contributed by atoms with Crippen molar-refractivity contribution in [2.45, 2.75) is 176 Å². The molecule has 5 aromatic carbocycles. The van der Waals surface area contributed by atoms with Crippen molar-refractivity contribution < 1.29 is 104 Å². The summed E-state index contributed by atoms with van der Waals surface area (Å²) in [5, 5.41) is 128. The molecule has 112 heavy (non-hydrogen) atoms. The van der Waals surface area contributed by atoms with Crippen LogP contribution in [-0.4, -0.2) is 223 Å². The minimum atomic E-state index is -1.67. The minimum Gasteiger partial charge on any atom is -0.508 e. The van der Waals surface area contributed by atoms with Crippen molar-refractivity contribution in [1.82, 2.24) is 29.1 Å². The van der Waals surface area contributed by atoms with E-state index in [-0.39, 0.29) is 103 Å². The number of anilines is 2. The highest BCUT2D eigenvalue weighted by Gasteiger charge is 2.75. The second kappa shape index (κ2) is 32.1. The molecule has 602 valence electrons. The summed E-state index contributed by atoms with van der Waals surface area (Å²) in [4.78, 5) is 45.6. The number of carbonyl (C=O) groups excluding carboxylic acids is 2. The van der Waals surface area contributed by atoms with Gasteiger partial charge in [-0.25, -0.2) is 28.5 Å². The van der Waals surface area contributed by atoms with Crippen LogP contribution in [-0.2, 0) is 40.8 Å². The van der Waals surface area contributed by atoms with E-state index in [0.717, 1.165) is 67.1 Å². The highest BCUT2D eigenvalue weighted by atomic mass is 35.5. The van der Waals surface area contributed by atoms with Crippen LogP contribution in [0.1, 0.15) is 119 Å². The maximum atomic E-state index is 12.8. The topological polar surface area (TPSA) is 408 Å². The molecule has 5 aliphatic heterocycles. The predicted octanol–water partition coefficient (Wildman–Crippen LogP) is 6.58. The molecule has 0 spiro atoms. The molecule has 11 N–H and O–H groups in total. The molecule has 4 aliphatic carbocycles. The van der Waals surface area contributed by atoms with E-state index in [1.165, 1.54) is 43.3 Å². The number of aliphatic hydroxyl groups excluding tert-OH is 6. The number of Topliss-reactive ketones (excluding diaryl/α,β-unsaturated/α-hetero) is 1. The van der Waals surface area contributed by atoms with Crippen LogP contribution in [0.3, 0.4) is 0 Å². The summed E-state index contributed by atoms with van der Waals surface area (Å²) in [6.07, 6.45) is -2.08. The summed E-state index contributed by atoms with van der Waals surface area (Å²) in [5.74, 6) is -2.75. The Morgan fingerprint density at radius 2 is 1.51 bits per heavy atom. The number of hydrogen-bond acceptors (Lipinski definition) is 27. The Morgan fingerprint density at radius 1 is 0.795 bits per heavy atom. The van der Waals surface area contributed by atoms with E-state index in [4.69, 9.17) is 61.1 Å². The summed E-state index contributed by atoms with van der Waals surface area (Å²) in [6, 6.07) is 28.7. The molecule has 19 atom stereocenters. The predicted molar refractivity (Wildman–Crippen MR) is 404 cm³/mol. The highest BCUT2D eigenvalue weighted by Crippen LogP contribution is 2.71. The van der Waals surface area contributed by atoms with E-state index >= 15 is 0 Å². The van der Waals surface area contributed by atoms with Gasteiger partial charge in [-0.05, 0) is 148 Å². The quantitative estimate of drug-likeness (QED) is 0.0338. The van der Waals surface area contributed by atoms with Gasteiger partial charge in [-0.3, -0.25) is 4.79 Å². The smallest absolute Gasteiger partial charge is 0.350 e. The number of aromatic nitrogens is 6. The van der Waals surface area contributed by atoms with Gasteiger partial charge in [0.1, 0.15) is 97.8 Å². The number of nitrogens with zero attached hydrogens (tertiary/aromatic N) is 8. The summed E-state index contributed by atoms with van der Waals surface area (Å²) in [6.45, 7) is 11.5. The van der Waals surface area contributed by atoms with Crippen LogP contribution in [0.4, 0.5) is 11.4 Å². The lowest BCUT2D eigenvalue weighted by atomic mass is 9.40. The van der Waals surface area contributed by atoms with Gasteiger partial charge < -0.3 is 104 Å². The number of aliphatic hydroxyl groups is 8. The molecule has 2 aromatic heterocycles. The second-order valence-electron chi connectivity index (χ2n) is 31.1. The Morgan fingerprint density at radius 3 is 2.16 bits per heavy atom. The van der Waals surface area contributed by atoms with Gasteiger partial charge in [0.2, 0.25) is 5.79 Å². The minimum absolute atomic E-state index is 0.0249. The first-order chi connectivity index (χ1) is 53.5. The third kappa shape index (κ3) is 14.9. The number of carbonyl (C=O) groups is 2. The number of piperazine rings is 1. The van der Waals surface area contributed by atoms with Crippen molar-refractivity contribution >= 4 is 46.3 Å². The third-order valence-corrected chi connectivity index (χ3v) is 25.4. The number of halogens is 2. The lowest BCUT2D eigenvalue weighted by Crippen LogP contribution is -2.76. The lowest BCUT2D eigenvalue weighted by molar-refractivity contribution is -0.342. The molecular weight excluding hydrogens is 1500 g/mol. The van der Waals surface area contributed by atoms with Crippen LogP contribution in [0.5, 0.6) is 34.5 Å². The fourth-order valence-corrected chi connectivity index (χ4v) is 19.4. The van der Waals surface area contributed by atoms with Crippen LogP contribution < -0.4 is 29.7 Å². The zero-order chi connectivity index (χ0) is 79.5. The fraction of sp³-hybridized carbons (Fsp3) is 0.525. The zero-order valence-corrected chi connectivity index (χ0v) is 64.1. The normalized spacial score (nSPS) is 32.9. The van der Waals surface area contributed by atoms with Crippen molar-refractivity contribution in [2.75, 3.05) is 69.5 Å². The first kappa shape index (κ1) is 80.2. The summed E-state index contributed by atoms with van der Waals surface area (Å²) >= 11 is 12.7. The van der Waals surface area contributed by atoms with Gasteiger partial charge in [-0.2, -0.15) is 10.2 Å². The molecule has 3 saturated heterocycles. The van der Waals surface area contributed by atoms with E-state index in [1.54, 1.807) is 46.2 Å². The number of ether oxygens (including phenoxy) is 8. The average molecular weight is 1590 g/mol. The molecule has 9 aliphatic rings. The maximum absolute atomic E-state index is 12.8. The largest absolute Gasteiger partial charge is 0.508 e. The van der Waals surface area contributed by atoms with Gasteiger partial charge in [-0.1, -0.05) is 49.2 Å². The number of hydrogen-bond donors (Lipinski definition) is 11. The molecule has 4 saturated carbocycles. The summed E-state index contributed by atoms with van der Waals surface area (Å²) in [7, 11) is 1.44. The van der Waals surface area contributed by atoms with E-state index in [9.17, 15) is 70.6 Å². The molecule has 0 radical (unpaired) electrons. The number of fused-ring (bicyclic) bond motifs is 6. The summed E-state index contributed by atoms with van der Waals surface area (Å²) in [5.41, 5.74) is -0.161. The van der Waals surface area contributed by atoms with Gasteiger partial charge in [0.15, 0.2) is 23.6 Å². The monoisotopic (exact) mass is 1590 g/mol. The molecule has 16 rings (SSSR count). The number of esters is 1. The zero-order valence-electron chi connectivity index (χ0n) is 62.6. The van der Waals surface area contributed by atoms with E-state index in [2.05, 4.69) is 49.2 Å². The highest BCUT2D eigenvalue weighted by molar-refractivity contribution is 6.35. The van der Waals surface area contributed by atoms with Crippen LogP contribution >= 0.6 is 23.2 Å². The van der Waals surface area contributed by atoms with Gasteiger partial charge in [0, 0.05) is 90.5 Å². The van der Waals surface area contributed by atoms with Crippen molar-refractivity contribution in [3.05, 3.63) is 165 Å². The molecular formula is C80H96Cl2N8O22. The molecule has 32 heteroatoms. The molecule has 1 unspecified atom stereocenters. The van der Waals surface area contributed by atoms with Crippen LogP contribution in [0.15, 0.2) is 132 Å². The lowest BCUT2D eigenvalue weighted by Gasteiger charge is -2.68. The van der Waals surface area contributed by atoms with Gasteiger partial charge in [-0.15, -0.1) is 0 Å². The second-order valence-corrected chi connectivity index (χ2v) is 32.0. The van der Waals surface area contributed by atoms with Gasteiger partial charge >= 0.3 is 11.7 Å². The van der Waals surface area contributed by atoms with Crippen molar-refractivity contribution in [3.8, 4) is 40.2 Å². The molecule has 7 fully saturated rings. The average Bonchev–Trinajstić information content (AvgIpc) is 1.33. The van der Waals surface area contributed by atoms with Crippen molar-refractivity contribution in [3.63, 3.8) is 0 Å². The number of rotatable bonds is 17. The number of ketones is 1. The van der Waals surface area contributed by atoms with E-state index in [0.29, 0.717) is 59.4 Å². The number of phenols is 3. The van der Waals surface area contributed by atoms with E-state index < -0.39 is 107 Å². The molecule has 30 nitrogen and oxygen atoms in total. The van der Waals surface area contributed by atoms with Gasteiger partial charge in [0.25, 0.3) is 0 Å². The number of cyclic esters (lactones) is 1.